The summed E-state index contributed by atoms with van der Waals surface area (Å²) >= 11 is 0. The smallest absolute Gasteiger partial charge is 0.279 e. The maximum absolute atomic E-state index is 12.2. The van der Waals surface area contributed by atoms with Crippen LogP contribution in [0.3, 0.4) is 0 Å². The zero-order valence-corrected chi connectivity index (χ0v) is 12.1. The zero-order valence-electron chi connectivity index (χ0n) is 11.3. The number of rotatable bonds is 4. The lowest BCUT2D eigenvalue weighted by Crippen LogP contribution is -2.64. The predicted octanol–water partition coefficient (Wildman–Crippen LogP) is -0.460. The van der Waals surface area contributed by atoms with Crippen molar-refractivity contribution in [1.29, 1.82) is 0 Å². The van der Waals surface area contributed by atoms with Crippen LogP contribution in [-0.4, -0.2) is 58.2 Å². The molecule has 0 radical (unpaired) electrons. The number of ether oxygens (including phenoxy) is 1. The molecule has 18 heavy (non-hydrogen) atoms. The van der Waals surface area contributed by atoms with Gasteiger partial charge >= 0.3 is 0 Å². The summed E-state index contributed by atoms with van der Waals surface area (Å²) in [5, 5.41) is 3.15. The molecule has 106 valence electrons. The highest BCUT2D eigenvalue weighted by atomic mass is 32.2. The van der Waals surface area contributed by atoms with Gasteiger partial charge in [0.2, 0.25) is 0 Å². The van der Waals surface area contributed by atoms with E-state index in [1.165, 1.54) is 4.31 Å². The summed E-state index contributed by atoms with van der Waals surface area (Å²) in [5.74, 6) is 0. The fraction of sp³-hybridized carbons (Fsp3) is 1.00. The van der Waals surface area contributed by atoms with Crippen molar-refractivity contribution in [3.8, 4) is 0 Å². The summed E-state index contributed by atoms with van der Waals surface area (Å²) in [5.41, 5.74) is -0.143. The summed E-state index contributed by atoms with van der Waals surface area (Å²) in [4.78, 5) is 0. The highest BCUT2D eigenvalue weighted by Crippen LogP contribution is 2.42. The van der Waals surface area contributed by atoms with Crippen LogP contribution >= 0.6 is 0 Å². The maximum atomic E-state index is 12.2. The first-order valence-corrected chi connectivity index (χ1v) is 7.83. The Morgan fingerprint density at radius 1 is 1.33 bits per heavy atom. The Hall–Kier alpha value is -0.210. The molecule has 0 spiro atoms. The highest BCUT2D eigenvalue weighted by molar-refractivity contribution is 7.87. The van der Waals surface area contributed by atoms with Gasteiger partial charge in [0.05, 0.1) is 6.10 Å². The summed E-state index contributed by atoms with van der Waals surface area (Å²) in [7, 11) is -1.68. The first-order chi connectivity index (χ1) is 8.38. The van der Waals surface area contributed by atoms with Crippen LogP contribution < -0.4 is 10.0 Å². The van der Waals surface area contributed by atoms with E-state index >= 15 is 0 Å². The molecule has 0 aromatic carbocycles. The summed E-state index contributed by atoms with van der Waals surface area (Å²) in [6.45, 7) is 6.59. The number of methoxy groups -OCH3 is 1. The van der Waals surface area contributed by atoms with E-state index in [9.17, 15) is 8.42 Å². The normalized spacial score (nSPS) is 33.1. The second-order valence-corrected chi connectivity index (χ2v) is 7.31. The van der Waals surface area contributed by atoms with Crippen molar-refractivity contribution in [3.05, 3.63) is 0 Å². The van der Waals surface area contributed by atoms with Gasteiger partial charge in [-0.2, -0.15) is 17.4 Å². The second kappa shape index (κ2) is 5.05. The van der Waals surface area contributed by atoms with Gasteiger partial charge in [-0.25, -0.2) is 0 Å². The van der Waals surface area contributed by atoms with Crippen LogP contribution in [0.15, 0.2) is 0 Å². The minimum absolute atomic E-state index is 0.0395. The third kappa shape index (κ3) is 2.55. The molecule has 7 heteroatoms. The molecule has 0 aromatic rings. The fourth-order valence-corrected chi connectivity index (χ4v) is 4.20. The number of nitrogens with one attached hydrogen (secondary N) is 2. The van der Waals surface area contributed by atoms with Gasteiger partial charge in [0.1, 0.15) is 0 Å². The van der Waals surface area contributed by atoms with Gasteiger partial charge < -0.3 is 10.1 Å². The Morgan fingerprint density at radius 3 is 2.44 bits per heavy atom. The maximum Gasteiger partial charge on any atom is 0.279 e. The van der Waals surface area contributed by atoms with Crippen LogP contribution in [0.1, 0.15) is 20.3 Å². The number of piperazine rings is 1. The Labute approximate surface area is 109 Å². The van der Waals surface area contributed by atoms with Crippen molar-refractivity contribution in [1.82, 2.24) is 14.3 Å². The Morgan fingerprint density at radius 2 is 1.94 bits per heavy atom. The molecule has 1 saturated carbocycles. The van der Waals surface area contributed by atoms with E-state index in [0.717, 1.165) is 19.5 Å². The van der Waals surface area contributed by atoms with E-state index < -0.39 is 10.2 Å². The molecule has 2 atom stereocenters. The lowest BCUT2D eigenvalue weighted by Gasteiger charge is -2.51. The predicted molar refractivity (Wildman–Crippen MR) is 69.5 cm³/mol. The zero-order chi connectivity index (χ0) is 13.4. The number of nitrogens with zero attached hydrogens (tertiary/aromatic N) is 1. The first kappa shape index (κ1) is 14.2. The molecular weight excluding hydrogens is 254 g/mol. The number of hydrogen-bond acceptors (Lipinski definition) is 4. The molecule has 2 rings (SSSR count). The molecule has 6 nitrogen and oxygen atoms in total. The molecular formula is C11H23N3O3S. The van der Waals surface area contributed by atoms with Crippen molar-refractivity contribution >= 4 is 10.2 Å². The van der Waals surface area contributed by atoms with Gasteiger partial charge in [-0.1, -0.05) is 13.8 Å². The Kier molecular flexibility index (Phi) is 3.99. The Balaban J connectivity index is 1.97. The first-order valence-electron chi connectivity index (χ1n) is 6.39. The van der Waals surface area contributed by atoms with Gasteiger partial charge in [0.25, 0.3) is 10.2 Å². The quantitative estimate of drug-likeness (QED) is 0.729. The third-order valence-corrected chi connectivity index (χ3v) is 5.80. The SMILES string of the molecule is COC1CC(NS(=O)(=O)N2CCNCC2)C1(C)C. The lowest BCUT2D eigenvalue weighted by molar-refractivity contribution is -0.0912. The highest BCUT2D eigenvalue weighted by Gasteiger charge is 2.50. The largest absolute Gasteiger partial charge is 0.381 e. The molecule has 0 amide bonds. The van der Waals surface area contributed by atoms with E-state index in [1.807, 2.05) is 13.8 Å². The van der Waals surface area contributed by atoms with Crippen molar-refractivity contribution in [3.63, 3.8) is 0 Å². The van der Waals surface area contributed by atoms with Crippen LogP contribution in [0.4, 0.5) is 0 Å². The van der Waals surface area contributed by atoms with Crippen molar-refractivity contribution in [2.45, 2.75) is 32.4 Å². The van der Waals surface area contributed by atoms with E-state index in [4.69, 9.17) is 4.74 Å². The minimum Gasteiger partial charge on any atom is -0.381 e. The number of hydrogen-bond donors (Lipinski definition) is 2. The summed E-state index contributed by atoms with van der Waals surface area (Å²) in [6, 6.07) is -0.0395. The summed E-state index contributed by atoms with van der Waals surface area (Å²) in [6.07, 6.45) is 0.877. The van der Waals surface area contributed by atoms with Crippen LogP contribution in [0.25, 0.3) is 0 Å². The van der Waals surface area contributed by atoms with E-state index in [2.05, 4.69) is 10.0 Å². The molecule has 2 aliphatic rings. The molecule has 1 saturated heterocycles. The third-order valence-electron chi connectivity index (χ3n) is 4.17. The van der Waals surface area contributed by atoms with Gasteiger partial charge in [-0.3, -0.25) is 0 Å². The van der Waals surface area contributed by atoms with Crippen molar-refractivity contribution in [2.24, 2.45) is 5.41 Å². The van der Waals surface area contributed by atoms with Gasteiger partial charge in [0.15, 0.2) is 0 Å². The van der Waals surface area contributed by atoms with Crippen molar-refractivity contribution in [2.75, 3.05) is 33.3 Å². The van der Waals surface area contributed by atoms with Crippen LogP contribution in [0.2, 0.25) is 0 Å². The standard InChI is InChI=1S/C11H23N3O3S/c1-11(2)9(8-10(11)17-3)13-18(15,16)14-6-4-12-5-7-14/h9-10,12-13H,4-8H2,1-3H3. The van der Waals surface area contributed by atoms with E-state index in [1.54, 1.807) is 7.11 Å². The monoisotopic (exact) mass is 277 g/mol. The molecule has 2 fully saturated rings. The van der Waals surface area contributed by atoms with Crippen LogP contribution in [0.5, 0.6) is 0 Å². The fourth-order valence-electron chi connectivity index (χ4n) is 2.62. The van der Waals surface area contributed by atoms with Gasteiger partial charge in [-0.05, 0) is 6.42 Å². The molecule has 2 N–H and O–H groups in total. The average Bonchev–Trinajstić information content (AvgIpc) is 2.35. The Bertz CT molecular complexity index is 390. The lowest BCUT2D eigenvalue weighted by atomic mass is 9.65. The van der Waals surface area contributed by atoms with Gasteiger partial charge in [-0.15, -0.1) is 0 Å². The topological polar surface area (TPSA) is 70.7 Å². The van der Waals surface area contributed by atoms with Crippen LogP contribution in [-0.2, 0) is 14.9 Å². The van der Waals surface area contributed by atoms with Gasteiger partial charge in [0, 0.05) is 44.7 Å². The van der Waals surface area contributed by atoms with E-state index in [-0.39, 0.29) is 17.6 Å². The van der Waals surface area contributed by atoms with Crippen molar-refractivity contribution < 1.29 is 13.2 Å². The molecule has 0 aromatic heterocycles. The molecule has 1 aliphatic heterocycles. The summed E-state index contributed by atoms with van der Waals surface area (Å²) < 4.78 is 34.1. The molecule has 1 heterocycles. The molecule has 0 bridgehead atoms. The van der Waals surface area contributed by atoms with Crippen LogP contribution in [0, 0.1) is 5.41 Å². The minimum atomic E-state index is -3.36. The van der Waals surface area contributed by atoms with E-state index in [0.29, 0.717) is 13.1 Å². The molecule has 2 unspecified atom stereocenters. The second-order valence-electron chi connectivity index (χ2n) is 5.61. The molecule has 1 aliphatic carbocycles. The average molecular weight is 277 g/mol.